The molecule has 2 N–H and O–H groups in total. The van der Waals surface area contributed by atoms with Crippen LogP contribution in [0.1, 0.15) is 51.4 Å². The number of hydrogen-bond donors (Lipinski definition) is 2. The molecule has 1 unspecified atom stereocenters. The second-order valence-electron chi connectivity index (χ2n) is 6.16. The van der Waals surface area contributed by atoms with Gasteiger partial charge in [0, 0.05) is 6.04 Å². The highest BCUT2D eigenvalue weighted by molar-refractivity contribution is 5.82. The van der Waals surface area contributed by atoms with Crippen LogP contribution < -0.4 is 5.32 Å². The van der Waals surface area contributed by atoms with Crippen molar-refractivity contribution in [3.8, 4) is 0 Å². The smallest absolute Gasteiger partial charge is 0.322 e. The van der Waals surface area contributed by atoms with Crippen LogP contribution in [0.25, 0.3) is 0 Å². The highest BCUT2D eigenvalue weighted by atomic mass is 16.4. The molecule has 5 heteroatoms. The van der Waals surface area contributed by atoms with Crippen molar-refractivity contribution in [2.24, 2.45) is 5.92 Å². The van der Waals surface area contributed by atoms with Gasteiger partial charge in [0.25, 0.3) is 0 Å². The number of likely N-dealkylation sites (tertiary alicyclic amines) is 1. The number of hydrogen-bond acceptors (Lipinski definition) is 3. The van der Waals surface area contributed by atoms with Crippen molar-refractivity contribution in [3.63, 3.8) is 0 Å². The summed E-state index contributed by atoms with van der Waals surface area (Å²) in [6.07, 6.45) is 10.3. The molecule has 0 radical (unpaired) electrons. The van der Waals surface area contributed by atoms with E-state index in [2.05, 4.69) is 10.2 Å². The summed E-state index contributed by atoms with van der Waals surface area (Å²) in [5.41, 5.74) is 0. The Bertz CT molecular complexity index is 340. The fraction of sp³-hybridized carbons (Fsp3) is 0.867. The third-order valence-electron chi connectivity index (χ3n) is 4.67. The molecule has 114 valence electrons. The number of carboxylic acids is 1. The molecule has 2 rings (SSSR count). The molecule has 2 aliphatic rings. The first-order chi connectivity index (χ1) is 9.65. The van der Waals surface area contributed by atoms with Crippen molar-refractivity contribution in [1.29, 1.82) is 0 Å². The van der Waals surface area contributed by atoms with Gasteiger partial charge in [-0.05, 0) is 38.1 Å². The molecule has 0 aromatic rings. The quantitative estimate of drug-likeness (QED) is 0.744. The van der Waals surface area contributed by atoms with Crippen LogP contribution in [0.3, 0.4) is 0 Å². The van der Waals surface area contributed by atoms with Crippen LogP contribution in [-0.4, -0.2) is 47.6 Å². The minimum absolute atomic E-state index is 0.167. The van der Waals surface area contributed by atoms with E-state index in [1.807, 2.05) is 0 Å². The van der Waals surface area contributed by atoms with Crippen molar-refractivity contribution in [2.75, 3.05) is 19.6 Å². The van der Waals surface area contributed by atoms with Crippen LogP contribution in [0.5, 0.6) is 0 Å². The zero-order valence-electron chi connectivity index (χ0n) is 12.1. The highest BCUT2D eigenvalue weighted by Crippen LogP contribution is 2.31. The predicted octanol–water partition coefficient (Wildman–Crippen LogP) is 1.62. The van der Waals surface area contributed by atoms with Gasteiger partial charge >= 0.3 is 5.97 Å². The van der Waals surface area contributed by atoms with E-state index in [0.29, 0.717) is 12.6 Å². The highest BCUT2D eigenvalue weighted by Gasteiger charge is 2.27. The van der Waals surface area contributed by atoms with Gasteiger partial charge in [0.15, 0.2) is 0 Å². The third kappa shape index (κ3) is 4.78. The molecule has 1 amide bonds. The number of carbonyl (C=O) groups is 2. The summed E-state index contributed by atoms with van der Waals surface area (Å²) in [5.74, 6) is -0.254. The summed E-state index contributed by atoms with van der Waals surface area (Å²) in [6, 6.07) is 0.520. The molecule has 1 atom stereocenters. The van der Waals surface area contributed by atoms with E-state index in [4.69, 9.17) is 5.11 Å². The average Bonchev–Trinajstić information content (AvgIpc) is 3.05. The maximum absolute atomic E-state index is 11.7. The van der Waals surface area contributed by atoms with E-state index in [1.165, 1.54) is 44.9 Å². The van der Waals surface area contributed by atoms with E-state index in [0.717, 1.165) is 18.9 Å². The first-order valence-corrected chi connectivity index (χ1v) is 7.87. The van der Waals surface area contributed by atoms with Gasteiger partial charge in [-0.25, -0.2) is 0 Å². The summed E-state index contributed by atoms with van der Waals surface area (Å²) >= 11 is 0. The molecular weight excluding hydrogens is 256 g/mol. The predicted molar refractivity (Wildman–Crippen MR) is 76.4 cm³/mol. The van der Waals surface area contributed by atoms with Gasteiger partial charge in [0.1, 0.15) is 6.54 Å². The van der Waals surface area contributed by atoms with Gasteiger partial charge in [-0.1, -0.05) is 25.7 Å². The Morgan fingerprint density at radius 3 is 2.55 bits per heavy atom. The molecule has 0 aromatic carbocycles. The lowest BCUT2D eigenvalue weighted by Gasteiger charge is -2.24. The minimum Gasteiger partial charge on any atom is -0.480 e. The van der Waals surface area contributed by atoms with Crippen molar-refractivity contribution in [3.05, 3.63) is 0 Å². The number of amides is 1. The molecule has 5 nitrogen and oxygen atoms in total. The molecule has 2 fully saturated rings. The second kappa shape index (κ2) is 7.62. The SMILES string of the molecule is O=C(O)CNC(=O)CN1CCCC1CCC1CCCC1. The Kier molecular flexibility index (Phi) is 5.83. The fourth-order valence-electron chi connectivity index (χ4n) is 3.57. The number of nitrogens with one attached hydrogen (secondary N) is 1. The summed E-state index contributed by atoms with van der Waals surface area (Å²) < 4.78 is 0. The number of carbonyl (C=O) groups excluding carboxylic acids is 1. The van der Waals surface area contributed by atoms with Crippen LogP contribution in [0, 0.1) is 5.92 Å². The van der Waals surface area contributed by atoms with Crippen molar-refractivity contribution < 1.29 is 14.7 Å². The van der Waals surface area contributed by atoms with E-state index < -0.39 is 5.97 Å². The Morgan fingerprint density at radius 2 is 1.85 bits per heavy atom. The van der Waals surface area contributed by atoms with Gasteiger partial charge in [-0.2, -0.15) is 0 Å². The lowest BCUT2D eigenvalue weighted by molar-refractivity contribution is -0.138. The van der Waals surface area contributed by atoms with E-state index in [1.54, 1.807) is 0 Å². The molecule has 1 saturated carbocycles. The molecule has 1 saturated heterocycles. The Balaban J connectivity index is 1.69. The van der Waals surface area contributed by atoms with E-state index >= 15 is 0 Å². The van der Waals surface area contributed by atoms with Crippen LogP contribution >= 0.6 is 0 Å². The van der Waals surface area contributed by atoms with Crippen molar-refractivity contribution in [1.82, 2.24) is 10.2 Å². The summed E-state index contributed by atoms with van der Waals surface area (Å²) in [6.45, 7) is 1.04. The third-order valence-corrected chi connectivity index (χ3v) is 4.67. The topological polar surface area (TPSA) is 69.6 Å². The summed E-state index contributed by atoms with van der Waals surface area (Å²) in [7, 11) is 0. The minimum atomic E-state index is -0.988. The van der Waals surface area contributed by atoms with Crippen molar-refractivity contribution >= 4 is 11.9 Å². The van der Waals surface area contributed by atoms with Crippen LogP contribution in [-0.2, 0) is 9.59 Å². The van der Waals surface area contributed by atoms with Crippen LogP contribution in [0.4, 0.5) is 0 Å². The molecule has 1 heterocycles. The molecule has 20 heavy (non-hydrogen) atoms. The second-order valence-corrected chi connectivity index (χ2v) is 6.16. The van der Waals surface area contributed by atoms with E-state index in [-0.39, 0.29) is 12.5 Å². The zero-order valence-corrected chi connectivity index (χ0v) is 12.1. The van der Waals surface area contributed by atoms with Gasteiger partial charge < -0.3 is 10.4 Å². The van der Waals surface area contributed by atoms with Gasteiger partial charge in [0.05, 0.1) is 6.54 Å². The number of rotatable bonds is 7. The molecule has 0 bridgehead atoms. The van der Waals surface area contributed by atoms with Crippen LogP contribution in [0.15, 0.2) is 0 Å². The first kappa shape index (κ1) is 15.3. The molecule has 1 aliphatic heterocycles. The van der Waals surface area contributed by atoms with E-state index in [9.17, 15) is 9.59 Å². The molecule has 0 spiro atoms. The number of carboxylic acid groups (broad SMARTS) is 1. The van der Waals surface area contributed by atoms with Gasteiger partial charge in [-0.3, -0.25) is 14.5 Å². The first-order valence-electron chi connectivity index (χ1n) is 7.87. The standard InChI is InChI=1S/C15H26N2O3/c18-14(16-10-15(19)20)11-17-9-3-6-13(17)8-7-12-4-1-2-5-12/h12-13H,1-11H2,(H,16,18)(H,19,20). The Hall–Kier alpha value is -1.10. The average molecular weight is 282 g/mol. The van der Waals surface area contributed by atoms with Gasteiger partial charge in [-0.15, -0.1) is 0 Å². The summed E-state index contributed by atoms with van der Waals surface area (Å²) in [5, 5.41) is 11.0. The molecule has 1 aliphatic carbocycles. The molecule has 0 aromatic heterocycles. The Labute approximate surface area is 120 Å². The van der Waals surface area contributed by atoms with Crippen LogP contribution in [0.2, 0.25) is 0 Å². The molecular formula is C15H26N2O3. The Morgan fingerprint density at radius 1 is 1.10 bits per heavy atom. The fourth-order valence-corrected chi connectivity index (χ4v) is 3.57. The maximum atomic E-state index is 11.7. The largest absolute Gasteiger partial charge is 0.480 e. The number of aliphatic carboxylic acids is 1. The lowest BCUT2D eigenvalue weighted by atomic mass is 9.97. The van der Waals surface area contributed by atoms with Crippen molar-refractivity contribution in [2.45, 2.75) is 57.4 Å². The zero-order chi connectivity index (χ0) is 14.4. The monoisotopic (exact) mass is 282 g/mol. The maximum Gasteiger partial charge on any atom is 0.322 e. The normalized spacial score (nSPS) is 24.1. The lowest BCUT2D eigenvalue weighted by Crippen LogP contribution is -2.41. The summed E-state index contributed by atoms with van der Waals surface area (Å²) in [4.78, 5) is 24.3. The van der Waals surface area contributed by atoms with Gasteiger partial charge in [0.2, 0.25) is 5.91 Å². The number of nitrogens with zero attached hydrogens (tertiary/aromatic N) is 1.